The molecule has 0 bridgehead atoms. The van der Waals surface area contributed by atoms with Gasteiger partial charge in [-0.3, -0.25) is 0 Å². The van der Waals surface area contributed by atoms with Crippen molar-refractivity contribution in [2.75, 3.05) is 13.2 Å². The van der Waals surface area contributed by atoms with Crippen molar-refractivity contribution in [3.8, 4) is 0 Å². The third-order valence-corrected chi connectivity index (χ3v) is 4.55. The number of nitrogens with one attached hydrogen (secondary N) is 1. The molecule has 0 saturated carbocycles. The van der Waals surface area contributed by atoms with E-state index in [2.05, 4.69) is 4.72 Å². The Labute approximate surface area is 119 Å². The van der Waals surface area contributed by atoms with Crippen LogP contribution in [0.3, 0.4) is 0 Å². The van der Waals surface area contributed by atoms with E-state index < -0.39 is 10.0 Å². The number of halogens is 1. The summed E-state index contributed by atoms with van der Waals surface area (Å²) in [5.41, 5.74) is -0.192. The highest BCUT2D eigenvalue weighted by Crippen LogP contribution is 2.22. The summed E-state index contributed by atoms with van der Waals surface area (Å²) in [6.07, 6.45) is 1.42. The summed E-state index contributed by atoms with van der Waals surface area (Å²) in [5, 5.41) is 9.31. The Morgan fingerprint density at radius 3 is 2.37 bits per heavy atom. The van der Waals surface area contributed by atoms with E-state index in [1.165, 1.54) is 12.1 Å². The Morgan fingerprint density at radius 1 is 1.26 bits per heavy atom. The monoisotopic (exact) mass is 305 g/mol. The minimum atomic E-state index is -3.51. The zero-order valence-corrected chi connectivity index (χ0v) is 12.8. The van der Waals surface area contributed by atoms with Gasteiger partial charge in [0.2, 0.25) is 10.0 Å². The van der Waals surface area contributed by atoms with Crippen LogP contribution in [0.1, 0.15) is 26.7 Å². The Balaban J connectivity index is 2.68. The summed E-state index contributed by atoms with van der Waals surface area (Å²) >= 11 is 5.73. The van der Waals surface area contributed by atoms with E-state index in [0.717, 1.165) is 6.42 Å². The maximum Gasteiger partial charge on any atom is 0.240 e. The summed E-state index contributed by atoms with van der Waals surface area (Å²) in [4.78, 5) is 0.204. The average molecular weight is 306 g/mol. The minimum Gasteiger partial charge on any atom is -0.396 e. The molecule has 0 fully saturated rings. The average Bonchev–Trinajstić information content (AvgIpc) is 2.35. The molecule has 0 aromatic heterocycles. The van der Waals surface area contributed by atoms with Crippen molar-refractivity contribution in [1.29, 1.82) is 0 Å². The van der Waals surface area contributed by atoms with Gasteiger partial charge in [0.15, 0.2) is 0 Å². The molecule has 0 unspecified atom stereocenters. The molecular weight excluding hydrogens is 286 g/mol. The second-order valence-corrected chi connectivity index (χ2v) is 7.47. The van der Waals surface area contributed by atoms with Crippen LogP contribution >= 0.6 is 11.6 Å². The van der Waals surface area contributed by atoms with Crippen LogP contribution in [0, 0.1) is 5.41 Å². The summed E-state index contributed by atoms with van der Waals surface area (Å²) in [7, 11) is -3.51. The molecule has 0 aliphatic rings. The summed E-state index contributed by atoms with van der Waals surface area (Å²) in [5.74, 6) is 0. The molecule has 1 aromatic rings. The van der Waals surface area contributed by atoms with Gasteiger partial charge in [-0.25, -0.2) is 13.1 Å². The molecule has 108 valence electrons. The lowest BCUT2D eigenvalue weighted by molar-refractivity contribution is 0.242. The molecule has 1 aromatic carbocycles. The first kappa shape index (κ1) is 16.4. The predicted molar refractivity (Wildman–Crippen MR) is 76.7 cm³/mol. The molecule has 4 nitrogen and oxygen atoms in total. The van der Waals surface area contributed by atoms with Crippen molar-refractivity contribution >= 4 is 21.6 Å². The van der Waals surface area contributed by atoms with Crippen molar-refractivity contribution in [3.63, 3.8) is 0 Å². The van der Waals surface area contributed by atoms with Crippen LogP contribution in [0.15, 0.2) is 29.2 Å². The van der Waals surface area contributed by atoms with Crippen molar-refractivity contribution in [1.82, 2.24) is 4.72 Å². The molecule has 0 heterocycles. The quantitative estimate of drug-likeness (QED) is 0.813. The predicted octanol–water partition coefficient (Wildman–Crippen LogP) is 2.42. The summed E-state index contributed by atoms with van der Waals surface area (Å²) < 4.78 is 26.7. The van der Waals surface area contributed by atoms with E-state index >= 15 is 0 Å². The summed E-state index contributed by atoms with van der Waals surface area (Å²) in [6, 6.07) is 6.05. The van der Waals surface area contributed by atoms with Crippen LogP contribution in [0.5, 0.6) is 0 Å². The first-order valence-electron chi connectivity index (χ1n) is 6.13. The van der Waals surface area contributed by atoms with Crippen molar-refractivity contribution < 1.29 is 13.5 Å². The largest absolute Gasteiger partial charge is 0.396 e. The lowest BCUT2D eigenvalue weighted by atomic mass is 9.88. The van der Waals surface area contributed by atoms with Crippen LogP contribution in [0.4, 0.5) is 0 Å². The lowest BCUT2D eigenvalue weighted by Crippen LogP contribution is -2.34. The van der Waals surface area contributed by atoms with Gasteiger partial charge in [-0.2, -0.15) is 0 Å². The van der Waals surface area contributed by atoms with Crippen molar-refractivity contribution in [2.24, 2.45) is 5.41 Å². The number of sulfonamides is 1. The number of aliphatic hydroxyl groups excluding tert-OH is 1. The molecule has 19 heavy (non-hydrogen) atoms. The molecule has 0 amide bonds. The fraction of sp³-hybridized carbons (Fsp3) is 0.538. The molecule has 0 spiro atoms. The molecule has 0 radical (unpaired) electrons. The Kier molecular flexibility index (Phi) is 5.80. The van der Waals surface area contributed by atoms with Crippen LogP contribution in [0.2, 0.25) is 5.02 Å². The van der Waals surface area contributed by atoms with Gasteiger partial charge in [0, 0.05) is 18.2 Å². The molecule has 0 aliphatic carbocycles. The maximum absolute atomic E-state index is 12.1. The molecular formula is C13H20ClNO3S. The van der Waals surface area contributed by atoms with E-state index in [1.807, 2.05) is 13.8 Å². The van der Waals surface area contributed by atoms with Gasteiger partial charge < -0.3 is 5.11 Å². The van der Waals surface area contributed by atoms with E-state index in [-0.39, 0.29) is 16.9 Å². The van der Waals surface area contributed by atoms with Crippen LogP contribution in [0.25, 0.3) is 0 Å². The Hall–Kier alpha value is -0.620. The number of rotatable bonds is 7. The van der Waals surface area contributed by atoms with E-state index in [9.17, 15) is 8.42 Å². The highest BCUT2D eigenvalue weighted by Gasteiger charge is 2.21. The van der Waals surface area contributed by atoms with E-state index in [0.29, 0.717) is 18.0 Å². The molecule has 2 N–H and O–H groups in total. The first-order chi connectivity index (χ1) is 8.77. The third-order valence-electron chi connectivity index (χ3n) is 2.88. The Morgan fingerprint density at radius 2 is 1.84 bits per heavy atom. The fourth-order valence-electron chi connectivity index (χ4n) is 1.63. The standard InChI is InChI=1S/C13H20ClNO3S/c1-13(2,8-3-9-16)10-15-19(17,18)12-6-4-11(14)5-7-12/h4-7,15-16H,3,8-10H2,1-2H3. The highest BCUT2D eigenvalue weighted by molar-refractivity contribution is 7.89. The van der Waals surface area contributed by atoms with Gasteiger partial charge in [-0.05, 0) is 42.5 Å². The highest BCUT2D eigenvalue weighted by atomic mass is 35.5. The smallest absolute Gasteiger partial charge is 0.240 e. The van der Waals surface area contributed by atoms with Gasteiger partial charge in [-0.15, -0.1) is 0 Å². The van der Waals surface area contributed by atoms with Crippen LogP contribution < -0.4 is 4.72 Å². The topological polar surface area (TPSA) is 66.4 Å². The first-order valence-corrected chi connectivity index (χ1v) is 7.99. The van der Waals surface area contributed by atoms with Crippen molar-refractivity contribution in [2.45, 2.75) is 31.6 Å². The SMILES string of the molecule is CC(C)(CCCO)CNS(=O)(=O)c1ccc(Cl)cc1. The second kappa shape index (κ2) is 6.70. The molecule has 1 rings (SSSR count). The molecule has 0 aliphatic heterocycles. The van der Waals surface area contributed by atoms with E-state index in [4.69, 9.17) is 16.7 Å². The normalized spacial score (nSPS) is 12.6. The molecule has 0 atom stereocenters. The van der Waals surface area contributed by atoms with Gasteiger partial charge in [0.05, 0.1) is 4.90 Å². The maximum atomic E-state index is 12.1. The second-order valence-electron chi connectivity index (χ2n) is 5.27. The van der Waals surface area contributed by atoms with Gasteiger partial charge in [0.1, 0.15) is 0 Å². The third kappa shape index (κ3) is 5.48. The van der Waals surface area contributed by atoms with Crippen LogP contribution in [-0.4, -0.2) is 26.7 Å². The molecule has 6 heteroatoms. The number of hydrogen-bond donors (Lipinski definition) is 2. The zero-order chi connectivity index (χ0) is 14.5. The van der Waals surface area contributed by atoms with E-state index in [1.54, 1.807) is 12.1 Å². The number of benzene rings is 1. The van der Waals surface area contributed by atoms with Gasteiger partial charge in [-0.1, -0.05) is 25.4 Å². The Bertz CT molecular complexity index is 497. The zero-order valence-electron chi connectivity index (χ0n) is 11.2. The summed E-state index contributed by atoms with van der Waals surface area (Å²) in [6.45, 7) is 4.38. The van der Waals surface area contributed by atoms with Gasteiger partial charge >= 0.3 is 0 Å². The fourth-order valence-corrected chi connectivity index (χ4v) is 3.00. The minimum absolute atomic E-state index is 0.118. The molecule has 0 saturated heterocycles. The lowest BCUT2D eigenvalue weighted by Gasteiger charge is -2.24. The number of hydrogen-bond acceptors (Lipinski definition) is 3. The van der Waals surface area contributed by atoms with Gasteiger partial charge in [0.25, 0.3) is 0 Å². The van der Waals surface area contributed by atoms with Crippen LogP contribution in [-0.2, 0) is 10.0 Å². The van der Waals surface area contributed by atoms with Crippen molar-refractivity contribution in [3.05, 3.63) is 29.3 Å². The number of aliphatic hydroxyl groups is 1.